The standard InChI is InChI=1S/C20H19FN2O2/c1-20(2,3)15-11-18(24)23-17-10-12(8-9-13(15)17)22-19(25)14-6-4-5-7-16(14)21/h4-11,13H,1-3H3,(H,23,24). The molecule has 0 saturated heterocycles. The van der Waals surface area contributed by atoms with E-state index in [1.807, 2.05) is 26.8 Å². The highest BCUT2D eigenvalue weighted by molar-refractivity contribution is 6.14. The second-order valence-electron chi connectivity index (χ2n) is 7.10. The van der Waals surface area contributed by atoms with Crippen molar-refractivity contribution in [2.24, 2.45) is 16.3 Å². The maximum atomic E-state index is 13.7. The molecule has 2 amide bonds. The Morgan fingerprint density at radius 3 is 2.60 bits per heavy atom. The molecule has 1 unspecified atom stereocenters. The fourth-order valence-corrected chi connectivity index (χ4v) is 2.95. The number of benzene rings is 1. The van der Waals surface area contributed by atoms with Crippen molar-refractivity contribution in [2.75, 3.05) is 0 Å². The second-order valence-corrected chi connectivity index (χ2v) is 7.10. The highest BCUT2D eigenvalue weighted by atomic mass is 19.1. The van der Waals surface area contributed by atoms with Crippen molar-refractivity contribution in [1.82, 2.24) is 5.32 Å². The summed E-state index contributed by atoms with van der Waals surface area (Å²) in [6.07, 6.45) is 6.92. The van der Waals surface area contributed by atoms with Crippen LogP contribution in [0.25, 0.3) is 0 Å². The number of rotatable bonds is 1. The Morgan fingerprint density at radius 1 is 1.20 bits per heavy atom. The zero-order valence-electron chi connectivity index (χ0n) is 14.3. The minimum Gasteiger partial charge on any atom is -0.325 e. The Balaban J connectivity index is 1.92. The molecule has 1 atom stereocenters. The Bertz CT molecular complexity index is 870. The summed E-state index contributed by atoms with van der Waals surface area (Å²) in [5, 5.41) is 2.80. The molecule has 0 spiro atoms. The number of carbonyl (C=O) groups is 2. The van der Waals surface area contributed by atoms with Crippen molar-refractivity contribution >= 4 is 17.5 Å². The fourth-order valence-electron chi connectivity index (χ4n) is 2.95. The molecule has 0 radical (unpaired) electrons. The largest absolute Gasteiger partial charge is 0.325 e. The zero-order chi connectivity index (χ0) is 18.2. The predicted molar refractivity (Wildman–Crippen MR) is 94.6 cm³/mol. The molecule has 4 nitrogen and oxygen atoms in total. The van der Waals surface area contributed by atoms with Gasteiger partial charge in [0.25, 0.3) is 5.91 Å². The Labute approximate surface area is 145 Å². The zero-order valence-corrected chi connectivity index (χ0v) is 14.3. The van der Waals surface area contributed by atoms with Gasteiger partial charge in [-0.25, -0.2) is 9.38 Å². The third kappa shape index (κ3) is 3.50. The van der Waals surface area contributed by atoms with Crippen molar-refractivity contribution in [2.45, 2.75) is 20.8 Å². The molecule has 1 aromatic carbocycles. The molecular weight excluding hydrogens is 319 g/mol. The number of halogens is 1. The summed E-state index contributed by atoms with van der Waals surface area (Å²) in [7, 11) is 0. The van der Waals surface area contributed by atoms with Crippen LogP contribution in [0.3, 0.4) is 0 Å². The van der Waals surface area contributed by atoms with Gasteiger partial charge >= 0.3 is 0 Å². The Kier molecular flexibility index (Phi) is 4.25. The Morgan fingerprint density at radius 2 is 1.92 bits per heavy atom. The summed E-state index contributed by atoms with van der Waals surface area (Å²) >= 11 is 0. The quantitative estimate of drug-likeness (QED) is 0.851. The number of fused-ring (bicyclic) bond motifs is 1. The van der Waals surface area contributed by atoms with E-state index < -0.39 is 11.7 Å². The molecule has 1 aliphatic carbocycles. The summed E-state index contributed by atoms with van der Waals surface area (Å²) in [4.78, 5) is 28.1. The van der Waals surface area contributed by atoms with Gasteiger partial charge in [-0.3, -0.25) is 9.59 Å². The van der Waals surface area contributed by atoms with Gasteiger partial charge in [0, 0.05) is 17.7 Å². The molecule has 2 aliphatic rings. The van der Waals surface area contributed by atoms with Crippen LogP contribution in [0.5, 0.6) is 0 Å². The molecule has 5 heteroatoms. The first-order valence-electron chi connectivity index (χ1n) is 8.06. The van der Waals surface area contributed by atoms with E-state index in [1.165, 1.54) is 18.2 Å². The van der Waals surface area contributed by atoms with E-state index in [2.05, 4.69) is 10.3 Å². The van der Waals surface area contributed by atoms with Gasteiger partial charge in [-0.1, -0.05) is 39.0 Å². The van der Waals surface area contributed by atoms with E-state index in [-0.39, 0.29) is 22.8 Å². The molecule has 1 aromatic rings. The first kappa shape index (κ1) is 17.0. The normalized spacial score (nSPS) is 21.4. The highest BCUT2D eigenvalue weighted by Gasteiger charge is 2.32. The van der Waals surface area contributed by atoms with Crippen LogP contribution in [0.4, 0.5) is 4.39 Å². The molecule has 128 valence electrons. The van der Waals surface area contributed by atoms with Gasteiger partial charge in [0.2, 0.25) is 5.91 Å². The number of hydrogen-bond donors (Lipinski definition) is 1. The van der Waals surface area contributed by atoms with E-state index in [1.54, 1.807) is 24.3 Å². The minimum atomic E-state index is -0.651. The minimum absolute atomic E-state index is 0.0554. The summed E-state index contributed by atoms with van der Waals surface area (Å²) in [5.74, 6) is -1.50. The molecular formula is C20H19FN2O2. The first-order chi connectivity index (χ1) is 11.8. The van der Waals surface area contributed by atoms with Crippen LogP contribution in [-0.4, -0.2) is 17.5 Å². The molecule has 25 heavy (non-hydrogen) atoms. The van der Waals surface area contributed by atoms with Crippen LogP contribution in [0.15, 0.2) is 64.8 Å². The van der Waals surface area contributed by atoms with E-state index in [0.29, 0.717) is 11.4 Å². The van der Waals surface area contributed by atoms with Gasteiger partial charge < -0.3 is 5.32 Å². The lowest BCUT2D eigenvalue weighted by atomic mass is 9.74. The summed E-state index contributed by atoms with van der Waals surface area (Å²) < 4.78 is 13.7. The smallest absolute Gasteiger partial charge is 0.280 e. The molecule has 0 aromatic heterocycles. The highest BCUT2D eigenvalue weighted by Crippen LogP contribution is 2.38. The SMILES string of the molecule is CC(C)(C)C1=CC(=O)NC2=CC(=NC(=O)c3ccccc3F)C=CC21. The third-order valence-corrected chi connectivity index (χ3v) is 4.19. The lowest BCUT2D eigenvalue weighted by Gasteiger charge is -2.34. The lowest BCUT2D eigenvalue weighted by molar-refractivity contribution is -0.116. The molecule has 1 aliphatic heterocycles. The maximum absolute atomic E-state index is 13.7. The van der Waals surface area contributed by atoms with Gasteiger partial charge in [-0.2, -0.15) is 0 Å². The third-order valence-electron chi connectivity index (χ3n) is 4.19. The van der Waals surface area contributed by atoms with Gasteiger partial charge in [-0.05, 0) is 35.3 Å². The monoisotopic (exact) mass is 338 g/mol. The van der Waals surface area contributed by atoms with Crippen molar-refractivity contribution in [3.63, 3.8) is 0 Å². The van der Waals surface area contributed by atoms with Crippen LogP contribution >= 0.6 is 0 Å². The second kappa shape index (κ2) is 6.24. The topological polar surface area (TPSA) is 58.5 Å². The number of hydrogen-bond acceptors (Lipinski definition) is 2. The molecule has 0 saturated carbocycles. The Hall–Kier alpha value is -2.82. The summed E-state index contributed by atoms with van der Waals surface area (Å²) in [6, 6.07) is 5.72. The maximum Gasteiger partial charge on any atom is 0.280 e. The van der Waals surface area contributed by atoms with Gasteiger partial charge in [0.1, 0.15) is 5.82 Å². The van der Waals surface area contributed by atoms with Crippen molar-refractivity contribution in [1.29, 1.82) is 0 Å². The molecule has 1 heterocycles. The van der Waals surface area contributed by atoms with Crippen LogP contribution in [0, 0.1) is 17.2 Å². The fraction of sp³-hybridized carbons (Fsp3) is 0.250. The van der Waals surface area contributed by atoms with Gasteiger partial charge in [-0.15, -0.1) is 0 Å². The molecule has 0 fully saturated rings. The number of carbonyl (C=O) groups excluding carboxylic acids is 2. The molecule has 0 bridgehead atoms. The predicted octanol–water partition coefficient (Wildman–Crippen LogP) is 3.58. The van der Waals surface area contributed by atoms with Gasteiger partial charge in [0.15, 0.2) is 0 Å². The summed E-state index contributed by atoms with van der Waals surface area (Å²) in [5.41, 5.74) is 1.82. The lowest BCUT2D eigenvalue weighted by Crippen LogP contribution is -2.36. The van der Waals surface area contributed by atoms with E-state index >= 15 is 0 Å². The van der Waals surface area contributed by atoms with Crippen LogP contribution in [0.2, 0.25) is 0 Å². The number of amides is 2. The number of nitrogens with zero attached hydrogens (tertiary/aromatic N) is 1. The van der Waals surface area contributed by atoms with E-state index in [0.717, 1.165) is 5.57 Å². The molecule has 1 N–H and O–H groups in total. The average Bonchev–Trinajstić information content (AvgIpc) is 2.53. The average molecular weight is 338 g/mol. The van der Waals surface area contributed by atoms with E-state index in [9.17, 15) is 14.0 Å². The van der Waals surface area contributed by atoms with Crippen LogP contribution in [-0.2, 0) is 4.79 Å². The number of aliphatic imine (C=N–C) groups is 1. The van der Waals surface area contributed by atoms with Crippen LogP contribution in [0.1, 0.15) is 31.1 Å². The van der Waals surface area contributed by atoms with Crippen molar-refractivity contribution in [3.05, 3.63) is 71.2 Å². The first-order valence-corrected chi connectivity index (χ1v) is 8.06. The molecule has 3 rings (SSSR count). The number of nitrogens with one attached hydrogen (secondary N) is 1. The number of allylic oxidation sites excluding steroid dienone is 3. The van der Waals surface area contributed by atoms with E-state index in [4.69, 9.17) is 0 Å². The summed E-state index contributed by atoms with van der Waals surface area (Å²) in [6.45, 7) is 6.15. The van der Waals surface area contributed by atoms with Gasteiger partial charge in [0.05, 0.1) is 11.3 Å². The van der Waals surface area contributed by atoms with Crippen molar-refractivity contribution < 1.29 is 14.0 Å². The van der Waals surface area contributed by atoms with Crippen molar-refractivity contribution in [3.8, 4) is 0 Å². The van der Waals surface area contributed by atoms with Crippen LogP contribution < -0.4 is 5.32 Å².